The Morgan fingerprint density at radius 1 is 1.34 bits per heavy atom. The second-order valence-electron chi connectivity index (χ2n) is 6.51. The topological polar surface area (TPSA) is 117 Å². The highest BCUT2D eigenvalue weighted by atomic mass is 32.3. The third kappa shape index (κ3) is 3.66. The lowest BCUT2D eigenvalue weighted by Crippen LogP contribution is -2.34. The molecule has 1 saturated heterocycles. The monoisotopic (exact) mass is 414 g/mol. The number of hydrogen-bond donors (Lipinski definition) is 2. The van der Waals surface area contributed by atoms with Crippen LogP contribution in [-0.2, 0) is 8.98 Å². The van der Waals surface area contributed by atoms with E-state index in [2.05, 4.69) is 35.9 Å². The zero-order chi connectivity index (χ0) is 20.3. The second kappa shape index (κ2) is 8.13. The Morgan fingerprint density at radius 2 is 2.17 bits per heavy atom. The zero-order valence-corrected chi connectivity index (χ0v) is 17.0. The predicted molar refractivity (Wildman–Crippen MR) is 112 cm³/mol. The van der Waals surface area contributed by atoms with Crippen molar-refractivity contribution in [1.82, 2.24) is 25.9 Å². The summed E-state index contributed by atoms with van der Waals surface area (Å²) in [5.74, 6) is 0.385. The van der Waals surface area contributed by atoms with Crippen molar-refractivity contribution in [3.8, 4) is 0 Å². The van der Waals surface area contributed by atoms with Gasteiger partial charge >= 0.3 is 0 Å². The van der Waals surface area contributed by atoms with Gasteiger partial charge in [-0.2, -0.15) is 5.10 Å². The van der Waals surface area contributed by atoms with Crippen LogP contribution in [0.1, 0.15) is 13.3 Å². The Kier molecular flexibility index (Phi) is 5.41. The van der Waals surface area contributed by atoms with Crippen LogP contribution in [0.5, 0.6) is 0 Å². The number of amides is 1. The minimum Gasteiger partial charge on any atom is -0.337 e. The molecule has 1 aromatic heterocycles. The molecule has 2 atom stereocenters. The Labute approximate surface area is 170 Å². The lowest BCUT2D eigenvalue weighted by Gasteiger charge is -2.34. The molecule has 4 rings (SSSR count). The molecule has 29 heavy (non-hydrogen) atoms. The SMILES string of the molecule is COS1(c2ccccc2)C(=N[C@@H]2CCN(c3nccnn3)C2)NN=C1NC(C)=O. The molecule has 1 amide bonds. The number of benzene rings is 1. The van der Waals surface area contributed by atoms with Crippen LogP contribution >= 0.6 is 10.3 Å². The molecule has 0 aliphatic carbocycles. The van der Waals surface area contributed by atoms with Crippen molar-refractivity contribution in [2.75, 3.05) is 25.1 Å². The van der Waals surface area contributed by atoms with Crippen molar-refractivity contribution < 1.29 is 8.98 Å². The molecule has 2 aromatic rings. The third-order valence-corrected chi connectivity index (χ3v) is 7.54. The van der Waals surface area contributed by atoms with Crippen LogP contribution in [0.4, 0.5) is 5.95 Å². The second-order valence-corrected chi connectivity index (χ2v) is 9.20. The molecular formula is C18H22N8O2S. The average molecular weight is 414 g/mol. The molecule has 0 radical (unpaired) electrons. The van der Waals surface area contributed by atoms with Gasteiger partial charge in [-0.1, -0.05) is 18.2 Å². The molecule has 1 aromatic carbocycles. The molecule has 1 unspecified atom stereocenters. The first-order valence-electron chi connectivity index (χ1n) is 9.15. The van der Waals surface area contributed by atoms with Crippen LogP contribution in [-0.4, -0.2) is 57.7 Å². The number of rotatable bonds is 4. The fourth-order valence-corrected chi connectivity index (χ4v) is 5.95. The van der Waals surface area contributed by atoms with Gasteiger partial charge in [0.2, 0.25) is 17.0 Å². The lowest BCUT2D eigenvalue weighted by atomic mass is 10.3. The zero-order valence-electron chi connectivity index (χ0n) is 16.1. The maximum Gasteiger partial charge on any atom is 0.245 e. The number of nitrogens with one attached hydrogen (secondary N) is 2. The minimum absolute atomic E-state index is 0.0129. The van der Waals surface area contributed by atoms with Gasteiger partial charge in [-0.05, 0) is 18.6 Å². The number of carbonyl (C=O) groups is 1. The Balaban J connectivity index is 1.65. The van der Waals surface area contributed by atoms with Crippen molar-refractivity contribution >= 4 is 32.5 Å². The number of carbonyl (C=O) groups excluding carboxylic acids is 1. The van der Waals surface area contributed by atoms with Crippen molar-refractivity contribution in [2.45, 2.75) is 24.3 Å². The van der Waals surface area contributed by atoms with Crippen molar-refractivity contribution in [3.63, 3.8) is 0 Å². The van der Waals surface area contributed by atoms with E-state index >= 15 is 0 Å². The number of aromatic nitrogens is 3. The van der Waals surface area contributed by atoms with Gasteiger partial charge in [0.25, 0.3) is 0 Å². The Bertz CT molecular complexity index is 939. The summed E-state index contributed by atoms with van der Waals surface area (Å²) < 4.78 is 6.03. The smallest absolute Gasteiger partial charge is 0.245 e. The van der Waals surface area contributed by atoms with Crippen molar-refractivity contribution in [1.29, 1.82) is 0 Å². The molecule has 10 nitrogen and oxygen atoms in total. The number of amidine groups is 2. The van der Waals surface area contributed by atoms with E-state index in [1.54, 1.807) is 19.5 Å². The van der Waals surface area contributed by atoms with E-state index in [4.69, 9.17) is 9.18 Å². The van der Waals surface area contributed by atoms with Crippen LogP contribution in [0.25, 0.3) is 0 Å². The molecule has 0 saturated carbocycles. The quantitative estimate of drug-likeness (QED) is 0.773. The summed E-state index contributed by atoms with van der Waals surface area (Å²) >= 11 is 0. The highest BCUT2D eigenvalue weighted by Gasteiger charge is 2.44. The highest BCUT2D eigenvalue weighted by molar-refractivity contribution is 8.52. The fraction of sp³-hybridized carbons (Fsp3) is 0.333. The summed E-state index contributed by atoms with van der Waals surface area (Å²) in [6, 6.07) is 9.73. The summed E-state index contributed by atoms with van der Waals surface area (Å²) in [4.78, 5) is 23.9. The maximum atomic E-state index is 11.8. The van der Waals surface area contributed by atoms with E-state index in [9.17, 15) is 4.79 Å². The Hall–Kier alpha value is -3.05. The van der Waals surface area contributed by atoms with Crippen molar-refractivity contribution in [3.05, 3.63) is 42.7 Å². The molecule has 152 valence electrons. The molecule has 2 aliphatic rings. The van der Waals surface area contributed by atoms with Gasteiger partial charge in [0.05, 0.1) is 18.4 Å². The Morgan fingerprint density at radius 3 is 2.86 bits per heavy atom. The summed E-state index contributed by atoms with van der Waals surface area (Å²) in [6.45, 7) is 2.90. The molecule has 0 bridgehead atoms. The maximum absolute atomic E-state index is 11.8. The van der Waals surface area contributed by atoms with E-state index in [1.807, 2.05) is 30.3 Å². The van der Waals surface area contributed by atoms with Gasteiger partial charge in [0.1, 0.15) is 0 Å². The predicted octanol–water partition coefficient (Wildman–Crippen LogP) is 1.24. The number of aliphatic imine (C=N–C) groups is 1. The van der Waals surface area contributed by atoms with Gasteiger partial charge < -0.3 is 14.4 Å². The van der Waals surface area contributed by atoms with Gasteiger partial charge in [-0.15, -0.1) is 10.2 Å². The highest BCUT2D eigenvalue weighted by Crippen LogP contribution is 2.59. The minimum atomic E-state index is -2.23. The van der Waals surface area contributed by atoms with Gasteiger partial charge in [0, 0.05) is 42.3 Å². The summed E-state index contributed by atoms with van der Waals surface area (Å²) in [5, 5.41) is 16.2. The molecule has 0 spiro atoms. The fourth-order valence-electron chi connectivity index (χ4n) is 3.34. The standard InChI is InChI=1S/C18H22N8O2S/c1-13(27)21-17-24-25-18(29(17,28-2)15-6-4-3-5-7-15)22-14-8-11-26(12-14)16-19-9-10-20-23-16/h3-7,9-10,14H,8,11-12H2,1-2H3,(H,22,25)(H,21,24,27)/t14-/m1/s1. The summed E-state index contributed by atoms with van der Waals surface area (Å²) in [6.07, 6.45) is 4.02. The average Bonchev–Trinajstić information content (AvgIpc) is 3.35. The largest absolute Gasteiger partial charge is 0.337 e. The number of hydrogen-bond acceptors (Lipinski definition) is 8. The van der Waals surface area contributed by atoms with Crippen molar-refractivity contribution in [2.24, 2.45) is 10.1 Å². The van der Waals surface area contributed by atoms with Gasteiger partial charge in [-0.3, -0.25) is 15.2 Å². The van der Waals surface area contributed by atoms with Gasteiger partial charge in [0.15, 0.2) is 5.17 Å². The van der Waals surface area contributed by atoms with E-state index in [1.165, 1.54) is 6.92 Å². The number of anilines is 1. The summed E-state index contributed by atoms with van der Waals surface area (Å²) in [7, 11) is -0.612. The van der Waals surface area contributed by atoms with Crippen LogP contribution in [0, 0.1) is 0 Å². The van der Waals surface area contributed by atoms with E-state index in [-0.39, 0.29) is 11.9 Å². The van der Waals surface area contributed by atoms with Crippen LogP contribution in [0.2, 0.25) is 0 Å². The van der Waals surface area contributed by atoms with Crippen LogP contribution < -0.4 is 15.6 Å². The molecular weight excluding hydrogens is 392 g/mol. The van der Waals surface area contributed by atoms with E-state index in [0.717, 1.165) is 17.9 Å². The van der Waals surface area contributed by atoms with Gasteiger partial charge in [-0.25, -0.2) is 4.98 Å². The molecule has 2 N–H and O–H groups in total. The number of hydrazone groups is 1. The van der Waals surface area contributed by atoms with E-state index in [0.29, 0.717) is 22.8 Å². The molecule has 11 heteroatoms. The first-order valence-corrected chi connectivity index (χ1v) is 10.7. The first kappa shape index (κ1) is 19.3. The van der Waals surface area contributed by atoms with Crippen LogP contribution in [0.15, 0.2) is 57.7 Å². The molecule has 3 heterocycles. The van der Waals surface area contributed by atoms with E-state index < -0.39 is 10.3 Å². The molecule has 2 aliphatic heterocycles. The normalized spacial score (nSPS) is 27.2. The van der Waals surface area contributed by atoms with Crippen LogP contribution in [0.3, 0.4) is 0 Å². The lowest BCUT2D eigenvalue weighted by molar-refractivity contribution is -0.117. The first-order chi connectivity index (χ1) is 14.1. The summed E-state index contributed by atoms with van der Waals surface area (Å²) in [5.41, 5.74) is 3.01. The number of nitrogens with zero attached hydrogens (tertiary/aromatic N) is 6. The molecule has 1 fully saturated rings. The third-order valence-electron chi connectivity index (χ3n) is 4.62.